The molecule has 5 heteroatoms. The Kier molecular flexibility index (Phi) is 2.59. The van der Waals surface area contributed by atoms with E-state index in [-0.39, 0.29) is 0 Å². The summed E-state index contributed by atoms with van der Waals surface area (Å²) in [5.74, 6) is 0. The summed E-state index contributed by atoms with van der Waals surface area (Å²) >= 11 is 5.90. The van der Waals surface area contributed by atoms with Gasteiger partial charge in [0, 0.05) is 5.56 Å². The molecule has 0 bridgehead atoms. The lowest BCUT2D eigenvalue weighted by atomic mass is 10.1. The molecule has 0 aliphatic rings. The van der Waals surface area contributed by atoms with Gasteiger partial charge in [-0.25, -0.2) is 0 Å². The number of hydrogen-bond acceptors (Lipinski definition) is 3. The van der Waals surface area contributed by atoms with Gasteiger partial charge >= 0.3 is 0 Å². The number of aromatic amines is 1. The van der Waals surface area contributed by atoms with Crippen LogP contribution in [0.4, 0.5) is 0 Å². The Balaban J connectivity index is 2.56. The fourth-order valence-electron chi connectivity index (χ4n) is 1.35. The summed E-state index contributed by atoms with van der Waals surface area (Å²) in [5, 5.41) is 24.4. The number of nitrogens with one attached hydrogen (secondary N) is 1. The van der Waals surface area contributed by atoms with E-state index in [1.54, 1.807) is 18.2 Å². The number of halogens is 1. The molecule has 0 amide bonds. The third-order valence-electron chi connectivity index (χ3n) is 2.14. The molecule has 0 saturated carbocycles. The van der Waals surface area contributed by atoms with Gasteiger partial charge in [0.15, 0.2) is 0 Å². The summed E-state index contributed by atoms with van der Waals surface area (Å²) in [6.45, 7) is 0. The summed E-state index contributed by atoms with van der Waals surface area (Å²) in [4.78, 5) is 0. The third kappa shape index (κ3) is 1.63. The number of hydrogen-bond donors (Lipinski definition) is 1. The number of rotatable bonds is 1. The van der Waals surface area contributed by atoms with Gasteiger partial charge in [-0.15, -0.1) is 0 Å². The van der Waals surface area contributed by atoms with Crippen molar-refractivity contribution < 1.29 is 0 Å². The number of aromatic nitrogens is 2. The van der Waals surface area contributed by atoms with Gasteiger partial charge in [-0.3, -0.25) is 5.10 Å². The first-order valence-electron chi connectivity index (χ1n) is 4.39. The predicted octanol–water partition coefficient (Wildman–Crippen LogP) is 2.47. The second-order valence-corrected chi connectivity index (χ2v) is 3.48. The molecule has 0 aliphatic carbocycles. The molecule has 0 radical (unpaired) electrons. The maximum Gasteiger partial charge on any atom is 0.103 e. The minimum absolute atomic E-state index is 0.360. The molecule has 16 heavy (non-hydrogen) atoms. The van der Waals surface area contributed by atoms with E-state index in [0.717, 1.165) is 5.56 Å². The standard InChI is InChI=1S/C11H5ClN4/c12-10-3-7(1-2-8(10)4-13)11-9(5-14)6-15-16-11/h1-3,6H,(H,15,16). The zero-order valence-corrected chi connectivity index (χ0v) is 8.78. The molecule has 1 heterocycles. The fourth-order valence-corrected chi connectivity index (χ4v) is 1.58. The summed E-state index contributed by atoms with van der Waals surface area (Å²) < 4.78 is 0. The third-order valence-corrected chi connectivity index (χ3v) is 2.45. The first-order chi connectivity index (χ1) is 7.76. The quantitative estimate of drug-likeness (QED) is 0.815. The molecule has 0 atom stereocenters. The average Bonchev–Trinajstić information content (AvgIpc) is 2.77. The first kappa shape index (κ1) is 10.2. The molecular formula is C11H5ClN4. The van der Waals surface area contributed by atoms with Crippen molar-refractivity contribution in [3.05, 3.63) is 40.5 Å². The average molecular weight is 229 g/mol. The Morgan fingerprint density at radius 1 is 1.19 bits per heavy atom. The van der Waals surface area contributed by atoms with Crippen molar-refractivity contribution in [3.8, 4) is 23.4 Å². The molecule has 76 valence electrons. The zero-order chi connectivity index (χ0) is 11.5. The minimum Gasteiger partial charge on any atom is -0.276 e. The molecule has 1 aromatic heterocycles. The zero-order valence-electron chi connectivity index (χ0n) is 8.03. The largest absolute Gasteiger partial charge is 0.276 e. The predicted molar refractivity (Wildman–Crippen MR) is 58.5 cm³/mol. The molecule has 0 aliphatic heterocycles. The van der Waals surface area contributed by atoms with Crippen molar-refractivity contribution in [3.63, 3.8) is 0 Å². The molecule has 0 saturated heterocycles. The summed E-state index contributed by atoms with van der Waals surface area (Å²) in [6, 6.07) is 8.96. The van der Waals surface area contributed by atoms with Crippen molar-refractivity contribution in [2.45, 2.75) is 0 Å². The molecule has 0 spiro atoms. The van der Waals surface area contributed by atoms with Crippen LogP contribution in [0.2, 0.25) is 5.02 Å². The van der Waals surface area contributed by atoms with Crippen LogP contribution in [0.25, 0.3) is 11.3 Å². The van der Waals surface area contributed by atoms with Gasteiger partial charge in [0.25, 0.3) is 0 Å². The van der Waals surface area contributed by atoms with Crippen molar-refractivity contribution >= 4 is 11.6 Å². The topological polar surface area (TPSA) is 76.3 Å². The lowest BCUT2D eigenvalue weighted by molar-refractivity contribution is 1.10. The molecule has 1 N–H and O–H groups in total. The number of nitriles is 2. The highest BCUT2D eigenvalue weighted by Gasteiger charge is 2.09. The van der Waals surface area contributed by atoms with E-state index >= 15 is 0 Å². The van der Waals surface area contributed by atoms with E-state index in [1.807, 2.05) is 12.1 Å². The van der Waals surface area contributed by atoms with Crippen LogP contribution in [0.15, 0.2) is 24.4 Å². The lowest BCUT2D eigenvalue weighted by Crippen LogP contribution is -1.84. The molecule has 1 aromatic carbocycles. The van der Waals surface area contributed by atoms with E-state index < -0.39 is 0 Å². The second kappa shape index (κ2) is 4.06. The normalized spacial score (nSPS) is 9.44. The van der Waals surface area contributed by atoms with Crippen LogP contribution < -0.4 is 0 Å². The van der Waals surface area contributed by atoms with E-state index in [1.165, 1.54) is 6.20 Å². The maximum absolute atomic E-state index is 8.84. The first-order valence-corrected chi connectivity index (χ1v) is 4.77. The van der Waals surface area contributed by atoms with Crippen LogP contribution in [0.1, 0.15) is 11.1 Å². The van der Waals surface area contributed by atoms with E-state index in [2.05, 4.69) is 10.2 Å². The van der Waals surface area contributed by atoms with Crippen LogP contribution >= 0.6 is 11.6 Å². The van der Waals surface area contributed by atoms with Crippen LogP contribution in [0.3, 0.4) is 0 Å². The molecular weight excluding hydrogens is 224 g/mol. The minimum atomic E-state index is 0.360. The highest BCUT2D eigenvalue weighted by atomic mass is 35.5. The van der Waals surface area contributed by atoms with Gasteiger partial charge in [0.05, 0.1) is 28.0 Å². The monoisotopic (exact) mass is 228 g/mol. The van der Waals surface area contributed by atoms with Crippen LogP contribution in [0, 0.1) is 22.7 Å². The lowest BCUT2D eigenvalue weighted by Gasteiger charge is -2.00. The fraction of sp³-hybridized carbons (Fsp3) is 0. The highest BCUT2D eigenvalue weighted by Crippen LogP contribution is 2.25. The Labute approximate surface area is 96.7 Å². The van der Waals surface area contributed by atoms with Gasteiger partial charge < -0.3 is 0 Å². The summed E-state index contributed by atoms with van der Waals surface area (Å²) in [5.41, 5.74) is 2.19. The Hall–Kier alpha value is -2.30. The van der Waals surface area contributed by atoms with Crippen LogP contribution in [-0.2, 0) is 0 Å². The molecule has 0 unspecified atom stereocenters. The maximum atomic E-state index is 8.84. The Morgan fingerprint density at radius 3 is 2.56 bits per heavy atom. The van der Waals surface area contributed by atoms with Crippen molar-refractivity contribution in [2.24, 2.45) is 0 Å². The smallest absolute Gasteiger partial charge is 0.103 e. The van der Waals surface area contributed by atoms with E-state index in [9.17, 15) is 0 Å². The van der Waals surface area contributed by atoms with E-state index in [4.69, 9.17) is 22.1 Å². The van der Waals surface area contributed by atoms with Gasteiger partial charge in [-0.1, -0.05) is 17.7 Å². The van der Waals surface area contributed by atoms with Crippen molar-refractivity contribution in [1.29, 1.82) is 10.5 Å². The summed E-state index contributed by atoms with van der Waals surface area (Å²) in [6.07, 6.45) is 1.45. The van der Waals surface area contributed by atoms with Crippen LogP contribution in [-0.4, -0.2) is 10.2 Å². The van der Waals surface area contributed by atoms with Gasteiger partial charge in [0.2, 0.25) is 0 Å². The number of benzene rings is 1. The summed E-state index contributed by atoms with van der Waals surface area (Å²) in [7, 11) is 0. The number of nitrogens with zero attached hydrogens (tertiary/aromatic N) is 3. The van der Waals surface area contributed by atoms with Crippen LogP contribution in [0.5, 0.6) is 0 Å². The van der Waals surface area contributed by atoms with Gasteiger partial charge in [0.1, 0.15) is 12.1 Å². The molecule has 4 nitrogen and oxygen atoms in total. The van der Waals surface area contributed by atoms with Gasteiger partial charge in [-0.2, -0.15) is 15.6 Å². The SMILES string of the molecule is N#Cc1ccc(-c2[nH]ncc2C#N)cc1Cl. The highest BCUT2D eigenvalue weighted by molar-refractivity contribution is 6.32. The molecule has 2 aromatic rings. The van der Waals surface area contributed by atoms with E-state index in [0.29, 0.717) is 21.8 Å². The van der Waals surface area contributed by atoms with Crippen molar-refractivity contribution in [2.75, 3.05) is 0 Å². The Bertz CT molecular complexity index is 616. The second-order valence-electron chi connectivity index (χ2n) is 3.08. The van der Waals surface area contributed by atoms with Gasteiger partial charge in [-0.05, 0) is 12.1 Å². The molecule has 2 rings (SSSR count). The van der Waals surface area contributed by atoms with Crippen molar-refractivity contribution in [1.82, 2.24) is 10.2 Å². The number of H-pyrrole nitrogens is 1. The molecule has 0 fully saturated rings. The Morgan fingerprint density at radius 2 is 1.94 bits per heavy atom.